The molecular weight excluding hydrogens is 605 g/mol. The molecule has 0 spiro atoms. The summed E-state index contributed by atoms with van der Waals surface area (Å²) in [6.45, 7) is 12.1. The number of hydrogen-bond acceptors (Lipinski definition) is 1. The highest BCUT2D eigenvalue weighted by molar-refractivity contribution is 6.12. The maximum absolute atomic E-state index is 14.0. The van der Waals surface area contributed by atoms with Gasteiger partial charge >= 0.3 is 6.18 Å². The molecule has 230 valence electrons. The van der Waals surface area contributed by atoms with Crippen molar-refractivity contribution in [1.82, 2.24) is 9.13 Å². The number of rotatable bonds is 3. The third kappa shape index (κ3) is 4.36. The van der Waals surface area contributed by atoms with Crippen LogP contribution in [0.25, 0.3) is 71.0 Å². The molecule has 0 bridgehead atoms. The van der Waals surface area contributed by atoms with E-state index in [4.69, 9.17) is 6.57 Å². The molecule has 8 rings (SSSR count). The first-order chi connectivity index (χ1) is 23.2. The van der Waals surface area contributed by atoms with E-state index in [-0.39, 0.29) is 5.69 Å². The van der Waals surface area contributed by atoms with Crippen LogP contribution in [0.2, 0.25) is 0 Å². The molecule has 0 saturated carbocycles. The minimum absolute atomic E-state index is 0.133. The summed E-state index contributed by atoms with van der Waals surface area (Å²) in [6.07, 6.45) is -4.62. The lowest BCUT2D eigenvalue weighted by molar-refractivity contribution is -0.137. The van der Waals surface area contributed by atoms with Crippen LogP contribution in [0.5, 0.6) is 0 Å². The molecule has 6 aromatic carbocycles. The highest BCUT2D eigenvalue weighted by Gasteiger charge is 2.32. The molecule has 0 fully saturated rings. The Bertz CT molecular complexity index is 2570. The predicted molar refractivity (Wildman–Crippen MR) is 186 cm³/mol. The lowest BCUT2D eigenvalue weighted by atomic mass is 9.95. The molecule has 0 unspecified atom stereocenters. The van der Waals surface area contributed by atoms with Gasteiger partial charge in [-0.1, -0.05) is 72.8 Å². The van der Waals surface area contributed by atoms with Crippen molar-refractivity contribution in [1.29, 1.82) is 5.26 Å². The maximum Gasteiger partial charge on any atom is 0.415 e. The van der Waals surface area contributed by atoms with E-state index in [2.05, 4.69) is 44.3 Å². The van der Waals surface area contributed by atoms with Crippen LogP contribution < -0.4 is 0 Å². The van der Waals surface area contributed by atoms with Crippen molar-refractivity contribution in [2.75, 3.05) is 0 Å². The molecule has 2 aromatic heterocycles. The Morgan fingerprint density at radius 2 is 1.12 bits per heavy atom. The van der Waals surface area contributed by atoms with Crippen molar-refractivity contribution in [3.63, 3.8) is 0 Å². The van der Waals surface area contributed by atoms with E-state index >= 15 is 0 Å². The SMILES string of the molecule is [C-]#[N+]c1cc(C(F)(F)F)ccc1-c1c(-n2c3ccccc3c3ccc(C)cc32)cc(C#N)cc1-n1c2ccccc2c2ccc(C)cc21. The summed E-state index contributed by atoms with van der Waals surface area (Å²) < 4.78 is 46.0. The molecule has 0 saturated heterocycles. The Kier molecular flexibility index (Phi) is 6.44. The summed E-state index contributed by atoms with van der Waals surface area (Å²) in [5, 5.41) is 14.4. The molecule has 0 atom stereocenters. The van der Waals surface area contributed by atoms with Crippen LogP contribution in [0.4, 0.5) is 18.9 Å². The number of aromatic nitrogens is 2. The fourth-order valence-electron chi connectivity index (χ4n) is 7.00. The minimum Gasteiger partial charge on any atom is -0.309 e. The molecule has 0 aliphatic rings. The van der Waals surface area contributed by atoms with E-state index in [1.165, 1.54) is 6.07 Å². The van der Waals surface area contributed by atoms with Crippen LogP contribution in [0.3, 0.4) is 0 Å². The first kappa shape index (κ1) is 29.1. The van der Waals surface area contributed by atoms with Gasteiger partial charge in [0.1, 0.15) is 0 Å². The molecule has 0 aliphatic heterocycles. The number of alkyl halides is 3. The van der Waals surface area contributed by atoms with Crippen LogP contribution in [0, 0.1) is 31.8 Å². The molecule has 0 amide bonds. The second-order valence-electron chi connectivity index (χ2n) is 12.1. The first-order valence-corrected chi connectivity index (χ1v) is 15.4. The fourth-order valence-corrected chi connectivity index (χ4v) is 7.00. The van der Waals surface area contributed by atoms with E-state index in [1.807, 2.05) is 74.5 Å². The predicted octanol–water partition coefficient (Wildman–Crippen LogP) is 11.6. The van der Waals surface area contributed by atoms with Gasteiger partial charge in [-0.3, -0.25) is 0 Å². The van der Waals surface area contributed by atoms with Gasteiger partial charge in [0.2, 0.25) is 0 Å². The number of hydrogen-bond donors (Lipinski definition) is 0. The summed E-state index contributed by atoms with van der Waals surface area (Å²) in [5.41, 5.74) is 6.96. The average Bonchev–Trinajstić information content (AvgIpc) is 3.58. The zero-order chi connectivity index (χ0) is 33.3. The average molecular weight is 631 g/mol. The number of para-hydroxylation sites is 2. The van der Waals surface area contributed by atoms with Gasteiger partial charge in [-0.05, 0) is 73.0 Å². The smallest absolute Gasteiger partial charge is 0.309 e. The molecule has 0 radical (unpaired) electrons. The number of benzene rings is 6. The number of fused-ring (bicyclic) bond motifs is 6. The Morgan fingerprint density at radius 1 is 0.625 bits per heavy atom. The minimum atomic E-state index is -4.62. The second-order valence-corrected chi connectivity index (χ2v) is 12.1. The number of halogens is 3. The van der Waals surface area contributed by atoms with Crippen molar-refractivity contribution < 1.29 is 13.2 Å². The summed E-state index contributed by atoms with van der Waals surface area (Å²) in [5.74, 6) is 0. The molecule has 0 aliphatic carbocycles. The van der Waals surface area contributed by atoms with Crippen molar-refractivity contribution in [3.05, 3.63) is 149 Å². The van der Waals surface area contributed by atoms with E-state index < -0.39 is 11.7 Å². The lowest BCUT2D eigenvalue weighted by Crippen LogP contribution is -2.07. The summed E-state index contributed by atoms with van der Waals surface area (Å²) in [6, 6.07) is 37.5. The number of nitriles is 1. The van der Waals surface area contributed by atoms with E-state index in [0.717, 1.165) is 66.9 Å². The summed E-state index contributed by atoms with van der Waals surface area (Å²) in [7, 11) is 0. The van der Waals surface area contributed by atoms with Gasteiger partial charge in [0.25, 0.3) is 0 Å². The fraction of sp³-hybridized carbons (Fsp3) is 0.0732. The van der Waals surface area contributed by atoms with Gasteiger partial charge < -0.3 is 9.13 Å². The van der Waals surface area contributed by atoms with Gasteiger partial charge in [-0.25, -0.2) is 4.85 Å². The van der Waals surface area contributed by atoms with Crippen LogP contribution in [0.1, 0.15) is 22.3 Å². The maximum atomic E-state index is 14.0. The van der Waals surface area contributed by atoms with Crippen molar-refractivity contribution in [3.8, 4) is 28.6 Å². The quantitative estimate of drug-likeness (QED) is 0.179. The molecule has 48 heavy (non-hydrogen) atoms. The zero-order valence-electron chi connectivity index (χ0n) is 25.9. The molecular formula is C41H25F3N4. The van der Waals surface area contributed by atoms with Crippen molar-refractivity contribution in [2.24, 2.45) is 0 Å². The summed E-state index contributed by atoms with van der Waals surface area (Å²) >= 11 is 0. The molecule has 7 heteroatoms. The van der Waals surface area contributed by atoms with E-state index in [0.29, 0.717) is 28.1 Å². The van der Waals surface area contributed by atoms with Crippen LogP contribution >= 0.6 is 0 Å². The number of aryl methyl sites for hydroxylation is 2. The Balaban J connectivity index is 1.62. The molecule has 4 nitrogen and oxygen atoms in total. The largest absolute Gasteiger partial charge is 0.415 e. The molecule has 2 heterocycles. The summed E-state index contributed by atoms with van der Waals surface area (Å²) in [4.78, 5) is 3.65. The highest BCUT2D eigenvalue weighted by Crippen LogP contribution is 2.46. The Labute approximate surface area is 273 Å². The Hall–Kier alpha value is -6.31. The van der Waals surface area contributed by atoms with Gasteiger partial charge in [0, 0.05) is 32.7 Å². The number of nitrogens with zero attached hydrogens (tertiary/aromatic N) is 4. The van der Waals surface area contributed by atoms with Gasteiger partial charge in [-0.15, -0.1) is 0 Å². The van der Waals surface area contributed by atoms with E-state index in [9.17, 15) is 18.4 Å². The molecule has 0 N–H and O–H groups in total. The molecule has 8 aromatic rings. The van der Waals surface area contributed by atoms with Gasteiger partial charge in [0.05, 0.1) is 51.6 Å². The van der Waals surface area contributed by atoms with Crippen molar-refractivity contribution in [2.45, 2.75) is 20.0 Å². The third-order valence-corrected chi connectivity index (χ3v) is 9.08. The standard InChI is InChI=1S/C41H25F3N4/c1-24-12-15-30-28-8-4-6-10-34(28)47(36(30)18-24)38-20-26(23-45)21-39(40(38)32-17-14-27(41(42,43)44)22-33(32)46-3)48-35-11-7-5-9-29(35)31-16-13-25(2)19-37(31)48/h4-22H,1-2H3. The van der Waals surface area contributed by atoms with Crippen LogP contribution in [-0.2, 0) is 6.18 Å². The van der Waals surface area contributed by atoms with Gasteiger partial charge in [-0.2, -0.15) is 18.4 Å². The topological polar surface area (TPSA) is 38.0 Å². The lowest BCUT2D eigenvalue weighted by Gasteiger charge is -2.22. The van der Waals surface area contributed by atoms with Crippen LogP contribution in [0.15, 0.2) is 115 Å². The monoisotopic (exact) mass is 630 g/mol. The van der Waals surface area contributed by atoms with E-state index in [1.54, 1.807) is 12.1 Å². The highest BCUT2D eigenvalue weighted by atomic mass is 19.4. The normalized spacial score (nSPS) is 11.8. The zero-order valence-corrected chi connectivity index (χ0v) is 25.9. The van der Waals surface area contributed by atoms with Crippen LogP contribution in [-0.4, -0.2) is 9.13 Å². The van der Waals surface area contributed by atoms with Gasteiger partial charge in [0.15, 0.2) is 5.69 Å². The van der Waals surface area contributed by atoms with Crippen molar-refractivity contribution >= 4 is 49.3 Å². The third-order valence-electron chi connectivity index (χ3n) is 9.08. The second kappa shape index (κ2) is 10.6. The Morgan fingerprint density at radius 3 is 1.60 bits per heavy atom. The first-order valence-electron chi connectivity index (χ1n) is 15.4.